The van der Waals surface area contributed by atoms with Crippen molar-refractivity contribution >= 4 is 5.91 Å². The first-order chi connectivity index (χ1) is 13.7. The molecule has 2 aliphatic rings. The highest BCUT2D eigenvalue weighted by Crippen LogP contribution is 2.23. The number of rotatable bonds is 5. The SMILES string of the molecule is O=C(NCc1cnn(-c2ccc(F)cc2)c1)C1CCCN(C2CCOCC2)C1. The van der Waals surface area contributed by atoms with Crippen LogP contribution in [-0.4, -0.2) is 52.9 Å². The van der Waals surface area contributed by atoms with E-state index in [1.165, 1.54) is 12.1 Å². The minimum atomic E-state index is -0.273. The van der Waals surface area contributed by atoms with Gasteiger partial charge in [0.2, 0.25) is 5.91 Å². The maximum absolute atomic E-state index is 13.1. The minimum Gasteiger partial charge on any atom is -0.381 e. The lowest BCUT2D eigenvalue weighted by atomic mass is 9.94. The number of nitrogens with zero attached hydrogens (tertiary/aromatic N) is 3. The Hall–Kier alpha value is -2.25. The Morgan fingerprint density at radius 1 is 1.21 bits per heavy atom. The monoisotopic (exact) mass is 386 g/mol. The Balaban J connectivity index is 1.30. The van der Waals surface area contributed by atoms with Crippen LogP contribution in [0.4, 0.5) is 4.39 Å². The van der Waals surface area contributed by atoms with Crippen molar-refractivity contribution < 1.29 is 13.9 Å². The van der Waals surface area contributed by atoms with E-state index in [9.17, 15) is 9.18 Å². The second-order valence-corrected chi connectivity index (χ2v) is 7.67. The van der Waals surface area contributed by atoms with Crippen LogP contribution in [-0.2, 0) is 16.1 Å². The van der Waals surface area contributed by atoms with E-state index in [1.54, 1.807) is 23.0 Å². The van der Waals surface area contributed by atoms with Gasteiger partial charge >= 0.3 is 0 Å². The van der Waals surface area contributed by atoms with Crippen molar-refractivity contribution in [3.8, 4) is 5.69 Å². The quantitative estimate of drug-likeness (QED) is 0.858. The Kier molecular flexibility index (Phi) is 6.02. The van der Waals surface area contributed by atoms with Gasteiger partial charge in [-0.25, -0.2) is 9.07 Å². The average Bonchev–Trinajstić information content (AvgIpc) is 3.22. The van der Waals surface area contributed by atoms with Gasteiger partial charge in [-0.2, -0.15) is 5.10 Å². The van der Waals surface area contributed by atoms with Gasteiger partial charge < -0.3 is 10.1 Å². The van der Waals surface area contributed by atoms with Crippen molar-refractivity contribution in [2.45, 2.75) is 38.3 Å². The number of ether oxygens (including phenoxy) is 1. The zero-order valence-corrected chi connectivity index (χ0v) is 16.0. The van der Waals surface area contributed by atoms with E-state index in [-0.39, 0.29) is 17.6 Å². The first-order valence-corrected chi connectivity index (χ1v) is 10.1. The molecule has 1 N–H and O–H groups in total. The number of aromatic nitrogens is 2. The highest BCUT2D eigenvalue weighted by molar-refractivity contribution is 5.78. The van der Waals surface area contributed by atoms with E-state index < -0.39 is 0 Å². The lowest BCUT2D eigenvalue weighted by molar-refractivity contribution is -0.127. The van der Waals surface area contributed by atoms with E-state index in [1.807, 2.05) is 6.20 Å². The fourth-order valence-electron chi connectivity index (χ4n) is 4.12. The van der Waals surface area contributed by atoms with Gasteiger partial charge in [-0.05, 0) is 56.5 Å². The topological polar surface area (TPSA) is 59.4 Å². The lowest BCUT2D eigenvalue weighted by Crippen LogP contribution is -2.48. The van der Waals surface area contributed by atoms with Crippen molar-refractivity contribution in [1.29, 1.82) is 0 Å². The molecular weight excluding hydrogens is 359 g/mol. The van der Waals surface area contributed by atoms with Crippen LogP contribution in [0.1, 0.15) is 31.2 Å². The number of likely N-dealkylation sites (tertiary alicyclic amines) is 1. The van der Waals surface area contributed by atoms with Gasteiger partial charge in [0.1, 0.15) is 5.82 Å². The summed E-state index contributed by atoms with van der Waals surface area (Å²) >= 11 is 0. The zero-order valence-electron chi connectivity index (χ0n) is 16.0. The fraction of sp³-hybridized carbons (Fsp3) is 0.524. The largest absolute Gasteiger partial charge is 0.381 e. The predicted octanol–water partition coefficient (Wildman–Crippen LogP) is 2.52. The molecule has 0 saturated carbocycles. The molecule has 4 rings (SSSR count). The van der Waals surface area contributed by atoms with Crippen molar-refractivity contribution in [2.75, 3.05) is 26.3 Å². The zero-order chi connectivity index (χ0) is 19.3. The molecule has 1 atom stereocenters. The molecule has 2 fully saturated rings. The molecule has 0 aliphatic carbocycles. The molecule has 7 heteroatoms. The van der Waals surface area contributed by atoms with E-state index >= 15 is 0 Å². The van der Waals surface area contributed by atoms with Gasteiger partial charge in [0, 0.05) is 44.1 Å². The van der Waals surface area contributed by atoms with Crippen LogP contribution in [0.3, 0.4) is 0 Å². The number of halogens is 1. The number of carbonyl (C=O) groups excluding carboxylic acids is 1. The fourth-order valence-corrected chi connectivity index (χ4v) is 4.12. The molecule has 1 aromatic heterocycles. The third-order valence-electron chi connectivity index (χ3n) is 5.72. The predicted molar refractivity (Wildman–Crippen MR) is 104 cm³/mol. The van der Waals surface area contributed by atoms with Crippen LogP contribution in [0.15, 0.2) is 36.7 Å². The summed E-state index contributed by atoms with van der Waals surface area (Å²) in [6, 6.07) is 6.73. The highest BCUT2D eigenvalue weighted by Gasteiger charge is 2.30. The standard InChI is InChI=1S/C21H27FN4O2/c22-18-3-5-20(6-4-18)26-14-16(13-24-26)12-23-21(27)17-2-1-9-25(15-17)19-7-10-28-11-8-19/h3-6,13-14,17,19H,1-2,7-12,15H2,(H,23,27). The molecule has 6 nitrogen and oxygen atoms in total. The van der Waals surface area contributed by atoms with Gasteiger partial charge in [0.05, 0.1) is 17.8 Å². The number of benzene rings is 1. The molecule has 1 unspecified atom stereocenters. The smallest absolute Gasteiger partial charge is 0.224 e. The first kappa shape index (κ1) is 19.1. The molecule has 2 saturated heterocycles. The van der Waals surface area contributed by atoms with E-state index in [0.29, 0.717) is 12.6 Å². The second-order valence-electron chi connectivity index (χ2n) is 7.67. The summed E-state index contributed by atoms with van der Waals surface area (Å²) in [5, 5.41) is 7.37. The third kappa shape index (κ3) is 4.59. The number of hydrogen-bond donors (Lipinski definition) is 1. The molecule has 0 radical (unpaired) electrons. The van der Waals surface area contributed by atoms with Gasteiger partial charge in [-0.3, -0.25) is 9.69 Å². The van der Waals surface area contributed by atoms with Gasteiger partial charge in [-0.1, -0.05) is 0 Å². The van der Waals surface area contributed by atoms with Crippen LogP contribution >= 0.6 is 0 Å². The maximum atomic E-state index is 13.1. The van der Waals surface area contributed by atoms with Crippen molar-refractivity contribution in [3.05, 3.63) is 48.0 Å². The summed E-state index contributed by atoms with van der Waals surface area (Å²) in [6.45, 7) is 4.03. The molecule has 3 heterocycles. The number of carbonyl (C=O) groups is 1. The molecular formula is C21H27FN4O2. The molecule has 150 valence electrons. The summed E-state index contributed by atoms with van der Waals surface area (Å²) in [7, 11) is 0. The number of amides is 1. The molecule has 0 spiro atoms. The van der Waals surface area contributed by atoms with Gasteiger partial charge in [0.15, 0.2) is 0 Å². The molecule has 1 aromatic carbocycles. The summed E-state index contributed by atoms with van der Waals surface area (Å²) in [5.74, 6) is -0.110. The highest BCUT2D eigenvalue weighted by atomic mass is 19.1. The van der Waals surface area contributed by atoms with Crippen molar-refractivity contribution in [3.63, 3.8) is 0 Å². The average molecular weight is 386 g/mol. The summed E-state index contributed by atoms with van der Waals surface area (Å²) in [4.78, 5) is 15.2. The Morgan fingerprint density at radius 2 is 2.00 bits per heavy atom. The molecule has 28 heavy (non-hydrogen) atoms. The van der Waals surface area contributed by atoms with Crippen LogP contribution in [0.5, 0.6) is 0 Å². The molecule has 2 aliphatic heterocycles. The van der Waals surface area contributed by atoms with Crippen LogP contribution < -0.4 is 5.32 Å². The molecule has 2 aromatic rings. The Morgan fingerprint density at radius 3 is 2.79 bits per heavy atom. The number of hydrogen-bond acceptors (Lipinski definition) is 4. The van der Waals surface area contributed by atoms with Crippen molar-refractivity contribution in [2.24, 2.45) is 5.92 Å². The van der Waals surface area contributed by atoms with E-state index in [4.69, 9.17) is 4.74 Å². The van der Waals surface area contributed by atoms with Gasteiger partial charge in [-0.15, -0.1) is 0 Å². The maximum Gasteiger partial charge on any atom is 0.224 e. The summed E-state index contributed by atoms with van der Waals surface area (Å²) in [6.07, 6.45) is 7.74. The van der Waals surface area contributed by atoms with Crippen LogP contribution in [0, 0.1) is 11.7 Å². The summed E-state index contributed by atoms with van der Waals surface area (Å²) in [5.41, 5.74) is 1.72. The lowest BCUT2D eigenvalue weighted by Gasteiger charge is -2.39. The number of nitrogens with one attached hydrogen (secondary N) is 1. The molecule has 1 amide bonds. The summed E-state index contributed by atoms with van der Waals surface area (Å²) < 4.78 is 20.2. The third-order valence-corrected chi connectivity index (χ3v) is 5.72. The molecule has 0 bridgehead atoms. The Bertz CT molecular complexity index is 786. The first-order valence-electron chi connectivity index (χ1n) is 10.1. The number of piperidine rings is 1. The normalized spacial score (nSPS) is 21.5. The second kappa shape index (κ2) is 8.84. The van der Waals surface area contributed by atoms with Gasteiger partial charge in [0.25, 0.3) is 0 Å². The van der Waals surface area contributed by atoms with Crippen LogP contribution in [0.2, 0.25) is 0 Å². The van der Waals surface area contributed by atoms with Crippen molar-refractivity contribution in [1.82, 2.24) is 20.0 Å². The van der Waals surface area contributed by atoms with E-state index in [0.717, 1.165) is 63.2 Å². The Labute approximate surface area is 164 Å². The minimum absolute atomic E-state index is 0.0451. The van der Waals surface area contributed by atoms with Crippen LogP contribution in [0.25, 0.3) is 5.69 Å². The van der Waals surface area contributed by atoms with E-state index in [2.05, 4.69) is 15.3 Å².